The number of amides is 1. The summed E-state index contributed by atoms with van der Waals surface area (Å²) >= 11 is 0. The van der Waals surface area contributed by atoms with E-state index < -0.39 is 0 Å². The summed E-state index contributed by atoms with van der Waals surface area (Å²) in [7, 11) is 0. The van der Waals surface area contributed by atoms with E-state index in [2.05, 4.69) is 0 Å². The number of hydrogen-bond donors (Lipinski definition) is 1. The molecule has 0 aromatic carbocycles. The van der Waals surface area contributed by atoms with Gasteiger partial charge in [0.05, 0.1) is 6.10 Å². The molecule has 2 aliphatic rings. The van der Waals surface area contributed by atoms with Crippen molar-refractivity contribution in [2.24, 2.45) is 5.73 Å². The third-order valence-electron chi connectivity index (χ3n) is 3.53. The van der Waals surface area contributed by atoms with Gasteiger partial charge in [-0.25, -0.2) is 0 Å². The van der Waals surface area contributed by atoms with Gasteiger partial charge in [-0.2, -0.15) is 0 Å². The topological polar surface area (TPSA) is 55.6 Å². The highest BCUT2D eigenvalue weighted by Gasteiger charge is 2.24. The number of likely N-dealkylation sites (tertiary alicyclic amines) is 1. The Morgan fingerprint density at radius 1 is 1.35 bits per heavy atom. The highest BCUT2D eigenvalue weighted by molar-refractivity contribution is 5.85. The zero-order valence-corrected chi connectivity index (χ0v) is 11.1. The number of carbonyl (C=O) groups excluding carboxylic acids is 1. The summed E-state index contributed by atoms with van der Waals surface area (Å²) in [5.41, 5.74) is 5.78. The molecule has 100 valence electrons. The van der Waals surface area contributed by atoms with Crippen molar-refractivity contribution in [3.8, 4) is 0 Å². The molecule has 2 atom stereocenters. The summed E-state index contributed by atoms with van der Waals surface area (Å²) in [6, 6.07) is 0.190. The van der Waals surface area contributed by atoms with Crippen molar-refractivity contribution >= 4 is 18.3 Å². The number of halogens is 1. The summed E-state index contributed by atoms with van der Waals surface area (Å²) in [4.78, 5) is 13.7. The number of rotatable bonds is 3. The molecule has 0 aliphatic carbocycles. The molecule has 4 nitrogen and oxygen atoms in total. The molecule has 0 spiro atoms. The van der Waals surface area contributed by atoms with Crippen molar-refractivity contribution in [1.82, 2.24) is 4.90 Å². The van der Waals surface area contributed by atoms with Crippen LogP contribution in [0.3, 0.4) is 0 Å². The highest BCUT2D eigenvalue weighted by Crippen LogP contribution is 2.18. The first-order valence-corrected chi connectivity index (χ1v) is 6.40. The summed E-state index contributed by atoms with van der Waals surface area (Å²) in [6.07, 6.45) is 6.30. The summed E-state index contributed by atoms with van der Waals surface area (Å²) < 4.78 is 5.62. The van der Waals surface area contributed by atoms with E-state index in [1.807, 2.05) is 4.90 Å². The molecule has 2 saturated heterocycles. The number of ether oxygens (including phenoxy) is 1. The van der Waals surface area contributed by atoms with E-state index >= 15 is 0 Å². The standard InChI is InChI=1S/C12H22N2O2.ClH/c13-10-6-7-14(9-10)12(15)5-4-11-3-1-2-8-16-11;/h10-11H,1-9,13H2;1H. The van der Waals surface area contributed by atoms with Gasteiger partial charge in [0, 0.05) is 32.2 Å². The normalized spacial score (nSPS) is 28.9. The lowest BCUT2D eigenvalue weighted by Gasteiger charge is -2.23. The summed E-state index contributed by atoms with van der Waals surface area (Å²) in [6.45, 7) is 2.45. The summed E-state index contributed by atoms with van der Waals surface area (Å²) in [5.74, 6) is 0.252. The van der Waals surface area contributed by atoms with Crippen LogP contribution in [0.4, 0.5) is 0 Å². The molecule has 0 aromatic rings. The van der Waals surface area contributed by atoms with Crippen molar-refractivity contribution in [3.05, 3.63) is 0 Å². The average molecular weight is 263 g/mol. The molecular formula is C12H23ClN2O2. The fraction of sp³-hybridized carbons (Fsp3) is 0.917. The quantitative estimate of drug-likeness (QED) is 0.835. The smallest absolute Gasteiger partial charge is 0.222 e. The Labute approximate surface area is 109 Å². The Kier molecular flexibility index (Phi) is 6.23. The summed E-state index contributed by atoms with van der Waals surface area (Å²) in [5, 5.41) is 0. The second-order valence-electron chi connectivity index (χ2n) is 4.92. The Morgan fingerprint density at radius 2 is 2.18 bits per heavy atom. The molecule has 2 N–H and O–H groups in total. The maximum absolute atomic E-state index is 11.8. The lowest BCUT2D eigenvalue weighted by molar-refractivity contribution is -0.131. The Morgan fingerprint density at radius 3 is 2.76 bits per heavy atom. The Balaban J connectivity index is 0.00000144. The maximum atomic E-state index is 11.8. The third kappa shape index (κ3) is 4.45. The van der Waals surface area contributed by atoms with Crippen molar-refractivity contribution in [3.63, 3.8) is 0 Å². The Hall–Kier alpha value is -0.320. The molecule has 2 unspecified atom stereocenters. The largest absolute Gasteiger partial charge is 0.378 e. The molecule has 2 rings (SSSR count). The lowest BCUT2D eigenvalue weighted by Crippen LogP contribution is -2.32. The molecule has 1 amide bonds. The fourth-order valence-electron chi connectivity index (χ4n) is 2.49. The van der Waals surface area contributed by atoms with Crippen molar-refractivity contribution in [1.29, 1.82) is 0 Å². The first kappa shape index (κ1) is 14.7. The average Bonchev–Trinajstić information content (AvgIpc) is 2.74. The molecule has 17 heavy (non-hydrogen) atoms. The van der Waals surface area contributed by atoms with Gasteiger partial charge in [0.2, 0.25) is 5.91 Å². The van der Waals surface area contributed by atoms with Crippen LogP contribution in [0.2, 0.25) is 0 Å². The van der Waals surface area contributed by atoms with Crippen LogP contribution >= 0.6 is 12.4 Å². The molecule has 0 bridgehead atoms. The minimum absolute atomic E-state index is 0. The number of hydrogen-bond acceptors (Lipinski definition) is 3. The van der Waals surface area contributed by atoms with E-state index in [-0.39, 0.29) is 24.4 Å². The molecular weight excluding hydrogens is 240 g/mol. The van der Waals surface area contributed by atoms with E-state index in [0.29, 0.717) is 12.5 Å². The van der Waals surface area contributed by atoms with Crippen LogP contribution in [0, 0.1) is 0 Å². The van der Waals surface area contributed by atoms with Gasteiger partial charge in [0.15, 0.2) is 0 Å². The zero-order chi connectivity index (χ0) is 11.4. The van der Waals surface area contributed by atoms with Crippen LogP contribution in [0.25, 0.3) is 0 Å². The number of nitrogens with two attached hydrogens (primary N) is 1. The van der Waals surface area contributed by atoms with E-state index in [9.17, 15) is 4.79 Å². The van der Waals surface area contributed by atoms with Gasteiger partial charge in [-0.1, -0.05) is 0 Å². The van der Waals surface area contributed by atoms with Gasteiger partial charge in [-0.05, 0) is 32.1 Å². The predicted octanol–water partition coefficient (Wildman–Crippen LogP) is 1.32. The lowest BCUT2D eigenvalue weighted by atomic mass is 10.0. The van der Waals surface area contributed by atoms with Crippen LogP contribution in [0.5, 0.6) is 0 Å². The van der Waals surface area contributed by atoms with Gasteiger partial charge < -0.3 is 15.4 Å². The van der Waals surface area contributed by atoms with Gasteiger partial charge in [-0.15, -0.1) is 12.4 Å². The van der Waals surface area contributed by atoms with Gasteiger partial charge in [-0.3, -0.25) is 4.79 Å². The molecule has 0 radical (unpaired) electrons. The fourth-order valence-corrected chi connectivity index (χ4v) is 2.49. The van der Waals surface area contributed by atoms with Gasteiger partial charge in [0.1, 0.15) is 0 Å². The van der Waals surface area contributed by atoms with Crippen LogP contribution in [-0.4, -0.2) is 42.6 Å². The first-order valence-electron chi connectivity index (χ1n) is 6.40. The molecule has 2 aliphatic heterocycles. The second-order valence-corrected chi connectivity index (χ2v) is 4.92. The molecule has 2 fully saturated rings. The van der Waals surface area contributed by atoms with E-state index in [4.69, 9.17) is 10.5 Å². The number of nitrogens with zero attached hydrogens (tertiary/aromatic N) is 1. The van der Waals surface area contributed by atoms with E-state index in [1.165, 1.54) is 12.8 Å². The van der Waals surface area contributed by atoms with Gasteiger partial charge >= 0.3 is 0 Å². The SMILES string of the molecule is Cl.NC1CCN(C(=O)CCC2CCCCO2)C1. The molecule has 0 aromatic heterocycles. The Bertz CT molecular complexity index is 245. The second kappa shape index (κ2) is 7.19. The first-order chi connectivity index (χ1) is 7.75. The number of carbonyl (C=O) groups is 1. The third-order valence-corrected chi connectivity index (χ3v) is 3.53. The minimum atomic E-state index is 0. The van der Waals surface area contributed by atoms with Crippen molar-refractivity contribution in [2.45, 2.75) is 50.7 Å². The van der Waals surface area contributed by atoms with Crippen molar-refractivity contribution in [2.75, 3.05) is 19.7 Å². The zero-order valence-electron chi connectivity index (χ0n) is 10.3. The van der Waals surface area contributed by atoms with E-state index in [1.54, 1.807) is 0 Å². The monoisotopic (exact) mass is 262 g/mol. The van der Waals surface area contributed by atoms with Gasteiger partial charge in [0.25, 0.3) is 0 Å². The molecule has 5 heteroatoms. The van der Waals surface area contributed by atoms with Crippen LogP contribution in [0.1, 0.15) is 38.5 Å². The highest BCUT2D eigenvalue weighted by atomic mass is 35.5. The van der Waals surface area contributed by atoms with Crippen LogP contribution < -0.4 is 5.73 Å². The van der Waals surface area contributed by atoms with Crippen LogP contribution in [-0.2, 0) is 9.53 Å². The predicted molar refractivity (Wildman–Crippen MR) is 69.2 cm³/mol. The van der Waals surface area contributed by atoms with Crippen LogP contribution in [0.15, 0.2) is 0 Å². The molecule has 2 heterocycles. The maximum Gasteiger partial charge on any atom is 0.222 e. The minimum Gasteiger partial charge on any atom is -0.378 e. The molecule has 0 saturated carbocycles. The van der Waals surface area contributed by atoms with Crippen molar-refractivity contribution < 1.29 is 9.53 Å². The van der Waals surface area contributed by atoms with E-state index in [0.717, 1.165) is 39.0 Å².